The maximum absolute atomic E-state index is 13.3. The van der Waals surface area contributed by atoms with E-state index >= 15 is 0 Å². The molecule has 3 atom stereocenters. The molecule has 0 saturated carbocycles. The van der Waals surface area contributed by atoms with E-state index in [-0.39, 0.29) is 19.2 Å². The van der Waals surface area contributed by atoms with Gasteiger partial charge in [0.15, 0.2) is 6.10 Å². The van der Waals surface area contributed by atoms with E-state index in [9.17, 15) is 14.9 Å². The summed E-state index contributed by atoms with van der Waals surface area (Å²) < 4.78 is 20.1. The number of benzene rings is 1. The highest BCUT2D eigenvalue weighted by Crippen LogP contribution is 2.32. The number of rotatable bonds is 6. The zero-order valence-electron chi connectivity index (χ0n) is 26.0. The van der Waals surface area contributed by atoms with Gasteiger partial charge in [-0.1, -0.05) is 6.07 Å². The summed E-state index contributed by atoms with van der Waals surface area (Å²) in [4.78, 5) is 33.2. The quantitative estimate of drug-likeness (QED) is 0.307. The number of ether oxygens (including phenoxy) is 3. The van der Waals surface area contributed by atoms with E-state index in [2.05, 4.69) is 57.3 Å². The van der Waals surface area contributed by atoms with Crippen molar-refractivity contribution in [3.63, 3.8) is 0 Å². The van der Waals surface area contributed by atoms with Crippen LogP contribution in [-0.4, -0.2) is 76.9 Å². The Bertz CT molecular complexity index is 1720. The highest BCUT2D eigenvalue weighted by atomic mass is 32.1. The molecule has 0 unspecified atom stereocenters. The van der Waals surface area contributed by atoms with Crippen molar-refractivity contribution in [2.75, 3.05) is 26.8 Å². The van der Waals surface area contributed by atoms with Crippen LogP contribution in [0.5, 0.6) is 0 Å². The Labute approximate surface area is 261 Å². The summed E-state index contributed by atoms with van der Waals surface area (Å²) in [5.41, 5.74) is 4.54. The molecule has 2 amide bonds. The number of hydrogen-bond donors (Lipinski definition) is 1. The fourth-order valence-electron chi connectivity index (χ4n) is 5.39. The van der Waals surface area contributed by atoms with Gasteiger partial charge in [0.1, 0.15) is 11.6 Å². The molecular weight excluding hydrogens is 578 g/mol. The highest BCUT2D eigenvalue weighted by Gasteiger charge is 2.33. The van der Waals surface area contributed by atoms with Crippen molar-refractivity contribution in [1.82, 2.24) is 19.6 Å². The SMILES string of the molecule is CO[C@H]1CCO[C@H](C(=O)N[C@H](C#N)Cc2cc3cc(-c4cc5c(C)nc(C)cn5c4)ccc3s2)CN(C(=O)OC(C)(C)C)C1. The Hall–Kier alpha value is -3.98. The molecule has 1 aliphatic heterocycles. The van der Waals surface area contributed by atoms with Gasteiger partial charge in [-0.2, -0.15) is 5.26 Å². The van der Waals surface area contributed by atoms with E-state index in [0.29, 0.717) is 19.4 Å². The van der Waals surface area contributed by atoms with Gasteiger partial charge in [0.05, 0.1) is 48.8 Å². The van der Waals surface area contributed by atoms with Crippen LogP contribution in [0.15, 0.2) is 42.7 Å². The van der Waals surface area contributed by atoms with Crippen molar-refractivity contribution >= 4 is 38.9 Å². The zero-order valence-corrected chi connectivity index (χ0v) is 26.9. The molecule has 1 saturated heterocycles. The van der Waals surface area contributed by atoms with Crippen LogP contribution in [0.2, 0.25) is 0 Å². The molecule has 11 heteroatoms. The minimum absolute atomic E-state index is 0.00536. The van der Waals surface area contributed by atoms with Crippen LogP contribution in [0.1, 0.15) is 43.5 Å². The second-order valence-electron chi connectivity index (χ2n) is 12.2. The van der Waals surface area contributed by atoms with Gasteiger partial charge in [0.25, 0.3) is 5.91 Å². The molecule has 232 valence electrons. The third kappa shape index (κ3) is 7.38. The number of nitriles is 1. The van der Waals surface area contributed by atoms with Gasteiger partial charge in [0.2, 0.25) is 0 Å². The first-order chi connectivity index (χ1) is 20.9. The van der Waals surface area contributed by atoms with Crippen molar-refractivity contribution in [2.24, 2.45) is 0 Å². The van der Waals surface area contributed by atoms with Gasteiger partial charge in [0, 0.05) is 41.1 Å². The molecular formula is C33H39N5O5S. The summed E-state index contributed by atoms with van der Waals surface area (Å²) in [6.45, 7) is 9.94. The molecule has 1 aromatic carbocycles. The average Bonchev–Trinajstić information content (AvgIpc) is 3.55. The van der Waals surface area contributed by atoms with Crippen molar-refractivity contribution in [3.05, 3.63) is 59.0 Å². The molecule has 0 radical (unpaired) electrons. The minimum atomic E-state index is -0.943. The summed E-state index contributed by atoms with van der Waals surface area (Å²) in [6, 6.07) is 12.0. The van der Waals surface area contributed by atoms with Crippen molar-refractivity contribution in [1.29, 1.82) is 5.26 Å². The molecule has 1 N–H and O–H groups in total. The monoisotopic (exact) mass is 617 g/mol. The van der Waals surface area contributed by atoms with Gasteiger partial charge in [-0.15, -0.1) is 11.3 Å². The molecule has 0 aliphatic carbocycles. The van der Waals surface area contributed by atoms with Crippen molar-refractivity contribution in [3.8, 4) is 17.2 Å². The molecule has 1 aliphatic rings. The predicted octanol–water partition coefficient (Wildman–Crippen LogP) is 5.42. The number of methoxy groups -OCH3 is 1. The van der Waals surface area contributed by atoms with Crippen molar-refractivity contribution < 1.29 is 23.8 Å². The van der Waals surface area contributed by atoms with Crippen LogP contribution in [-0.2, 0) is 25.4 Å². The van der Waals surface area contributed by atoms with E-state index in [0.717, 1.165) is 43.0 Å². The van der Waals surface area contributed by atoms with Crippen LogP contribution in [0.3, 0.4) is 0 Å². The maximum Gasteiger partial charge on any atom is 0.410 e. The van der Waals surface area contributed by atoms with Crippen molar-refractivity contribution in [2.45, 2.75) is 71.3 Å². The summed E-state index contributed by atoms with van der Waals surface area (Å²) >= 11 is 1.60. The maximum atomic E-state index is 13.3. The lowest BCUT2D eigenvalue weighted by molar-refractivity contribution is -0.137. The Morgan fingerprint density at radius 2 is 1.98 bits per heavy atom. The third-order valence-electron chi connectivity index (χ3n) is 7.51. The first kappa shape index (κ1) is 31.4. The number of thiophene rings is 1. The van der Waals surface area contributed by atoms with E-state index in [4.69, 9.17) is 14.2 Å². The standard InChI is InChI=1S/C33H39N5O5S/c1-20-16-37-17-24(13-28(37)21(2)35-20)22-7-8-30-23(11-22)12-27(44-30)14-25(15-34)36-31(39)29-19-38(32(40)43-33(3,4)5)18-26(41-6)9-10-42-29/h7-8,11-13,16-17,25-26,29H,9-10,14,18-19H2,1-6H3,(H,36,39)/t25-,26-,29-/m0/s1. The number of nitrogens with zero attached hydrogens (tertiary/aromatic N) is 4. The fraction of sp³-hybridized carbons (Fsp3) is 0.455. The largest absolute Gasteiger partial charge is 0.444 e. The van der Waals surface area contributed by atoms with E-state index in [1.165, 1.54) is 4.90 Å². The normalized spacial score (nSPS) is 18.4. The number of aryl methyl sites for hydroxylation is 2. The van der Waals surface area contributed by atoms with Crippen LogP contribution in [0.4, 0.5) is 4.79 Å². The smallest absolute Gasteiger partial charge is 0.410 e. The van der Waals surface area contributed by atoms with Gasteiger partial charge in [-0.25, -0.2) is 4.79 Å². The van der Waals surface area contributed by atoms with Crippen LogP contribution in [0.25, 0.3) is 26.7 Å². The third-order valence-corrected chi connectivity index (χ3v) is 8.65. The number of carbonyl (C=O) groups is 2. The number of carbonyl (C=O) groups excluding carboxylic acids is 2. The van der Waals surface area contributed by atoms with Gasteiger partial charge in [-0.3, -0.25) is 9.78 Å². The van der Waals surface area contributed by atoms with Gasteiger partial charge < -0.3 is 28.8 Å². The van der Waals surface area contributed by atoms with E-state index in [1.807, 2.05) is 20.0 Å². The van der Waals surface area contributed by atoms with E-state index < -0.39 is 29.7 Å². The summed E-state index contributed by atoms with van der Waals surface area (Å²) in [5, 5.41) is 13.9. The first-order valence-electron chi connectivity index (χ1n) is 14.7. The molecule has 5 rings (SSSR count). The molecule has 44 heavy (non-hydrogen) atoms. The second kappa shape index (κ2) is 12.9. The summed E-state index contributed by atoms with van der Waals surface area (Å²) in [5.74, 6) is -0.440. The Balaban J connectivity index is 1.28. The minimum Gasteiger partial charge on any atom is -0.444 e. The first-order valence-corrected chi connectivity index (χ1v) is 15.5. The lowest BCUT2D eigenvalue weighted by Crippen LogP contribution is -2.53. The molecule has 10 nitrogen and oxygen atoms in total. The Kier molecular flexibility index (Phi) is 9.25. The number of amides is 2. The number of nitrogens with one attached hydrogen (secondary N) is 1. The average molecular weight is 618 g/mol. The topological polar surface area (TPSA) is 118 Å². The van der Waals surface area contributed by atoms with Crippen LogP contribution < -0.4 is 5.32 Å². The van der Waals surface area contributed by atoms with Crippen LogP contribution >= 0.6 is 11.3 Å². The number of fused-ring (bicyclic) bond motifs is 2. The van der Waals surface area contributed by atoms with E-state index in [1.54, 1.807) is 39.2 Å². The Morgan fingerprint density at radius 1 is 1.18 bits per heavy atom. The molecule has 3 aromatic heterocycles. The molecule has 4 heterocycles. The lowest BCUT2D eigenvalue weighted by atomic mass is 10.1. The van der Waals surface area contributed by atoms with Gasteiger partial charge in [-0.05, 0) is 76.3 Å². The fourth-order valence-corrected chi connectivity index (χ4v) is 6.48. The van der Waals surface area contributed by atoms with Gasteiger partial charge >= 0.3 is 6.09 Å². The summed E-state index contributed by atoms with van der Waals surface area (Å²) in [7, 11) is 1.58. The lowest BCUT2D eigenvalue weighted by Gasteiger charge is -2.34. The number of aromatic nitrogens is 2. The zero-order chi connectivity index (χ0) is 31.6. The molecule has 4 aromatic rings. The summed E-state index contributed by atoms with van der Waals surface area (Å²) in [6.07, 6.45) is 3.28. The molecule has 0 bridgehead atoms. The van der Waals surface area contributed by atoms with Crippen LogP contribution in [0, 0.1) is 25.2 Å². The molecule has 0 spiro atoms. The number of hydrogen-bond acceptors (Lipinski definition) is 8. The highest BCUT2D eigenvalue weighted by molar-refractivity contribution is 7.19. The predicted molar refractivity (Wildman–Crippen MR) is 170 cm³/mol. The molecule has 1 fully saturated rings. The second-order valence-corrected chi connectivity index (χ2v) is 13.4. The Morgan fingerprint density at radius 3 is 2.70 bits per heavy atom.